The van der Waals surface area contributed by atoms with E-state index in [0.717, 1.165) is 12.1 Å². The molecule has 1 unspecified atom stereocenters. The van der Waals surface area contributed by atoms with Gasteiger partial charge in [-0.2, -0.15) is 0 Å². The van der Waals surface area contributed by atoms with Gasteiger partial charge in [0.1, 0.15) is 0 Å². The molecule has 0 amide bonds. The van der Waals surface area contributed by atoms with Crippen molar-refractivity contribution in [1.82, 2.24) is 4.98 Å². The molecule has 1 heterocycles. The molecule has 1 aromatic carbocycles. The van der Waals surface area contributed by atoms with E-state index in [9.17, 15) is 0 Å². The molecule has 0 saturated heterocycles. The van der Waals surface area contributed by atoms with Crippen molar-refractivity contribution in [2.75, 3.05) is 0 Å². The summed E-state index contributed by atoms with van der Waals surface area (Å²) in [5, 5.41) is 1.28. The summed E-state index contributed by atoms with van der Waals surface area (Å²) in [6, 6.07) is 8.57. The zero-order valence-corrected chi connectivity index (χ0v) is 8.67. The average Bonchev–Trinajstić information content (AvgIpc) is 2.62. The molecule has 3 N–H and O–H groups in total. The summed E-state index contributed by atoms with van der Waals surface area (Å²) in [6.45, 7) is 4.22. The van der Waals surface area contributed by atoms with Gasteiger partial charge in [0.2, 0.25) is 0 Å². The second-order valence-corrected chi connectivity index (χ2v) is 3.78. The van der Waals surface area contributed by atoms with Crippen LogP contribution in [0.25, 0.3) is 10.9 Å². The second-order valence-electron chi connectivity index (χ2n) is 3.78. The molecule has 2 aromatic rings. The van der Waals surface area contributed by atoms with Gasteiger partial charge in [0.05, 0.1) is 0 Å². The van der Waals surface area contributed by atoms with E-state index in [1.807, 2.05) is 0 Å². The number of aromatic amines is 1. The zero-order chi connectivity index (χ0) is 10.1. The van der Waals surface area contributed by atoms with Crippen molar-refractivity contribution in [3.05, 3.63) is 35.5 Å². The van der Waals surface area contributed by atoms with Crippen molar-refractivity contribution in [2.24, 2.45) is 5.73 Å². The van der Waals surface area contributed by atoms with Crippen molar-refractivity contribution in [1.29, 1.82) is 0 Å². The average molecular weight is 188 g/mol. The number of rotatable bonds is 2. The van der Waals surface area contributed by atoms with E-state index in [0.29, 0.717) is 0 Å². The van der Waals surface area contributed by atoms with Gasteiger partial charge < -0.3 is 10.7 Å². The fourth-order valence-corrected chi connectivity index (χ4v) is 1.75. The third-order valence-electron chi connectivity index (χ3n) is 2.74. The SMILES string of the molecule is CCC(N)c1cc2c(C)cccc2[nH]1. The zero-order valence-electron chi connectivity index (χ0n) is 8.67. The van der Waals surface area contributed by atoms with E-state index in [1.54, 1.807) is 0 Å². The Kier molecular flexibility index (Phi) is 2.30. The normalized spacial score (nSPS) is 13.4. The van der Waals surface area contributed by atoms with E-state index in [2.05, 4.69) is 43.1 Å². The van der Waals surface area contributed by atoms with Gasteiger partial charge in [-0.05, 0) is 31.0 Å². The Morgan fingerprint density at radius 2 is 2.21 bits per heavy atom. The van der Waals surface area contributed by atoms with Gasteiger partial charge in [0, 0.05) is 22.6 Å². The van der Waals surface area contributed by atoms with Crippen LogP contribution in [0.2, 0.25) is 0 Å². The highest BCUT2D eigenvalue weighted by Crippen LogP contribution is 2.22. The van der Waals surface area contributed by atoms with Gasteiger partial charge in [-0.3, -0.25) is 0 Å². The minimum atomic E-state index is 0.127. The van der Waals surface area contributed by atoms with Crippen LogP contribution in [-0.2, 0) is 0 Å². The lowest BCUT2D eigenvalue weighted by Crippen LogP contribution is -2.08. The number of benzene rings is 1. The number of hydrogen-bond acceptors (Lipinski definition) is 1. The number of H-pyrrole nitrogens is 1. The van der Waals surface area contributed by atoms with Gasteiger partial charge in [-0.25, -0.2) is 0 Å². The third kappa shape index (κ3) is 1.42. The van der Waals surface area contributed by atoms with E-state index in [4.69, 9.17) is 5.73 Å². The summed E-state index contributed by atoms with van der Waals surface area (Å²) in [7, 11) is 0. The van der Waals surface area contributed by atoms with Crippen LogP contribution in [0.3, 0.4) is 0 Å². The van der Waals surface area contributed by atoms with E-state index >= 15 is 0 Å². The molecule has 2 rings (SSSR count). The minimum Gasteiger partial charge on any atom is -0.357 e. The Labute approximate surface area is 84.1 Å². The van der Waals surface area contributed by atoms with Gasteiger partial charge in [-0.15, -0.1) is 0 Å². The molecule has 0 radical (unpaired) electrons. The second kappa shape index (κ2) is 3.46. The van der Waals surface area contributed by atoms with Crippen molar-refractivity contribution in [3.8, 4) is 0 Å². The molecule has 2 heteroatoms. The van der Waals surface area contributed by atoms with Gasteiger partial charge in [0.25, 0.3) is 0 Å². The number of fused-ring (bicyclic) bond motifs is 1. The minimum absolute atomic E-state index is 0.127. The van der Waals surface area contributed by atoms with Crippen molar-refractivity contribution >= 4 is 10.9 Å². The number of aryl methyl sites for hydroxylation is 1. The highest BCUT2D eigenvalue weighted by atomic mass is 14.8. The molecule has 2 nitrogen and oxygen atoms in total. The lowest BCUT2D eigenvalue weighted by Gasteiger charge is -2.04. The van der Waals surface area contributed by atoms with Gasteiger partial charge >= 0.3 is 0 Å². The number of nitrogens with one attached hydrogen (secondary N) is 1. The number of hydrogen-bond donors (Lipinski definition) is 2. The molecule has 74 valence electrons. The molecule has 0 bridgehead atoms. The first kappa shape index (κ1) is 9.28. The van der Waals surface area contributed by atoms with Crippen molar-refractivity contribution in [3.63, 3.8) is 0 Å². The standard InChI is InChI=1S/C12H16N2/c1-3-10(13)12-7-9-8(2)5-4-6-11(9)14-12/h4-7,10,14H,3,13H2,1-2H3. The molecule has 0 fully saturated rings. The van der Waals surface area contributed by atoms with Crippen LogP contribution in [0.15, 0.2) is 24.3 Å². The lowest BCUT2D eigenvalue weighted by molar-refractivity contribution is 0.682. The van der Waals surface area contributed by atoms with Crippen LogP contribution in [0.5, 0.6) is 0 Å². The largest absolute Gasteiger partial charge is 0.357 e. The Bertz CT molecular complexity index is 443. The predicted molar refractivity (Wildman–Crippen MR) is 60.3 cm³/mol. The summed E-state index contributed by atoms with van der Waals surface area (Å²) < 4.78 is 0. The lowest BCUT2D eigenvalue weighted by atomic mass is 10.1. The van der Waals surface area contributed by atoms with E-state index in [-0.39, 0.29) is 6.04 Å². The maximum absolute atomic E-state index is 5.98. The first-order chi connectivity index (χ1) is 6.72. The molecule has 0 spiro atoms. The summed E-state index contributed by atoms with van der Waals surface area (Å²) >= 11 is 0. The Hall–Kier alpha value is -1.28. The molecule has 1 aromatic heterocycles. The Morgan fingerprint density at radius 3 is 2.86 bits per heavy atom. The maximum atomic E-state index is 5.98. The first-order valence-corrected chi connectivity index (χ1v) is 5.06. The first-order valence-electron chi connectivity index (χ1n) is 5.06. The molecule has 0 saturated carbocycles. The smallest absolute Gasteiger partial charge is 0.0459 e. The summed E-state index contributed by atoms with van der Waals surface area (Å²) in [5.41, 5.74) is 9.60. The summed E-state index contributed by atoms with van der Waals surface area (Å²) in [4.78, 5) is 3.36. The van der Waals surface area contributed by atoms with Crippen molar-refractivity contribution in [2.45, 2.75) is 26.3 Å². The highest BCUT2D eigenvalue weighted by molar-refractivity contribution is 5.83. The summed E-state index contributed by atoms with van der Waals surface area (Å²) in [5.74, 6) is 0. The van der Waals surface area contributed by atoms with Crippen LogP contribution in [0, 0.1) is 6.92 Å². The fourth-order valence-electron chi connectivity index (χ4n) is 1.75. The number of nitrogens with two attached hydrogens (primary N) is 1. The number of aromatic nitrogens is 1. The molecule has 0 aliphatic heterocycles. The Morgan fingerprint density at radius 1 is 1.43 bits per heavy atom. The summed E-state index contributed by atoms with van der Waals surface area (Å²) in [6.07, 6.45) is 0.964. The third-order valence-corrected chi connectivity index (χ3v) is 2.74. The maximum Gasteiger partial charge on any atom is 0.0459 e. The molecule has 1 atom stereocenters. The van der Waals surface area contributed by atoms with Crippen LogP contribution < -0.4 is 5.73 Å². The van der Waals surface area contributed by atoms with Gasteiger partial charge in [0.15, 0.2) is 0 Å². The quantitative estimate of drug-likeness (QED) is 0.747. The van der Waals surface area contributed by atoms with Crippen LogP contribution in [0.1, 0.15) is 30.6 Å². The van der Waals surface area contributed by atoms with Gasteiger partial charge in [-0.1, -0.05) is 19.1 Å². The van der Waals surface area contributed by atoms with Crippen LogP contribution in [-0.4, -0.2) is 4.98 Å². The van der Waals surface area contributed by atoms with E-state index < -0.39 is 0 Å². The van der Waals surface area contributed by atoms with E-state index in [1.165, 1.54) is 16.5 Å². The molecular formula is C12H16N2. The fraction of sp³-hybridized carbons (Fsp3) is 0.333. The monoisotopic (exact) mass is 188 g/mol. The van der Waals surface area contributed by atoms with Crippen LogP contribution >= 0.6 is 0 Å². The molecular weight excluding hydrogens is 172 g/mol. The van der Waals surface area contributed by atoms with Crippen molar-refractivity contribution < 1.29 is 0 Å². The molecule has 14 heavy (non-hydrogen) atoms. The Balaban J connectivity index is 2.56. The topological polar surface area (TPSA) is 41.8 Å². The predicted octanol–water partition coefficient (Wildman–Crippen LogP) is 2.89. The van der Waals surface area contributed by atoms with Crippen LogP contribution in [0.4, 0.5) is 0 Å². The molecule has 0 aliphatic carbocycles. The molecule has 0 aliphatic rings. The highest BCUT2D eigenvalue weighted by Gasteiger charge is 2.07.